The molecule has 0 spiro atoms. The largest absolute Gasteiger partial charge is 0.507 e. The van der Waals surface area contributed by atoms with Crippen LogP contribution in [0.3, 0.4) is 0 Å². The molecule has 4 N–H and O–H groups in total. The highest BCUT2D eigenvalue weighted by atomic mass is 16.3. The lowest BCUT2D eigenvalue weighted by Gasteiger charge is -2.31. The highest BCUT2D eigenvalue weighted by Gasteiger charge is 2.30. The molecule has 0 aromatic heterocycles. The Morgan fingerprint density at radius 1 is 1.00 bits per heavy atom. The van der Waals surface area contributed by atoms with E-state index in [9.17, 15) is 10.2 Å². The number of aliphatic hydroxyl groups is 1. The van der Waals surface area contributed by atoms with E-state index in [-0.39, 0.29) is 11.2 Å². The minimum atomic E-state index is -0.652. The molecule has 0 aliphatic carbocycles. The maximum atomic E-state index is 10.3. The van der Waals surface area contributed by atoms with Crippen LogP contribution in [-0.4, -0.2) is 16.3 Å². The summed E-state index contributed by atoms with van der Waals surface area (Å²) in [6, 6.07) is 10.5. The molecule has 0 aliphatic heterocycles. The molecule has 0 unspecified atom stereocenters. The number of aliphatic hydroxyl groups excluding tert-OH is 1. The molecule has 0 aliphatic rings. The number of hydrogen-bond donors (Lipinski definition) is 3. The summed E-state index contributed by atoms with van der Waals surface area (Å²) >= 11 is 0. The van der Waals surface area contributed by atoms with Gasteiger partial charge in [-0.05, 0) is 22.4 Å². The molecule has 2 atom stereocenters. The van der Waals surface area contributed by atoms with Crippen molar-refractivity contribution in [3.8, 4) is 5.75 Å². The number of nitrogens with two attached hydrogens (primary N) is 1. The smallest absolute Gasteiger partial charge is 0.123 e. The van der Waals surface area contributed by atoms with Crippen LogP contribution < -0.4 is 5.73 Å². The maximum absolute atomic E-state index is 10.3. The summed E-state index contributed by atoms with van der Waals surface area (Å²) in [5, 5.41) is 21.9. The summed E-state index contributed by atoms with van der Waals surface area (Å²) in [4.78, 5) is 0. The SMILES string of the molecule is CC(C)(C)[C@@H](O)[C@@H](N)c1ccc(O)c2ccccc12. The zero-order chi connectivity index (χ0) is 14.2. The van der Waals surface area contributed by atoms with E-state index in [1.54, 1.807) is 12.1 Å². The monoisotopic (exact) mass is 259 g/mol. The Hall–Kier alpha value is -1.58. The topological polar surface area (TPSA) is 66.5 Å². The van der Waals surface area contributed by atoms with Gasteiger partial charge < -0.3 is 15.9 Å². The highest BCUT2D eigenvalue weighted by Crippen LogP contribution is 2.34. The summed E-state index contributed by atoms with van der Waals surface area (Å²) < 4.78 is 0. The Bertz CT molecular complexity index is 587. The molecule has 0 saturated carbocycles. The molecular weight excluding hydrogens is 238 g/mol. The van der Waals surface area contributed by atoms with Gasteiger partial charge in [0.15, 0.2) is 0 Å². The third-order valence-electron chi connectivity index (χ3n) is 3.52. The second kappa shape index (κ2) is 4.83. The van der Waals surface area contributed by atoms with Crippen molar-refractivity contribution in [3.05, 3.63) is 42.0 Å². The van der Waals surface area contributed by atoms with Crippen LogP contribution >= 0.6 is 0 Å². The molecule has 3 heteroatoms. The number of hydrogen-bond acceptors (Lipinski definition) is 3. The van der Waals surface area contributed by atoms with Gasteiger partial charge in [0, 0.05) is 5.39 Å². The fraction of sp³-hybridized carbons (Fsp3) is 0.375. The Morgan fingerprint density at radius 3 is 2.16 bits per heavy atom. The third kappa shape index (κ3) is 2.57. The average Bonchev–Trinajstić information content (AvgIpc) is 2.37. The normalized spacial score (nSPS) is 15.4. The van der Waals surface area contributed by atoms with Crippen LogP contribution in [-0.2, 0) is 0 Å². The Balaban J connectivity index is 2.55. The summed E-state index contributed by atoms with van der Waals surface area (Å²) in [7, 11) is 0. The lowest BCUT2D eigenvalue weighted by Crippen LogP contribution is -2.37. The lowest BCUT2D eigenvalue weighted by molar-refractivity contribution is 0.0405. The molecule has 3 nitrogen and oxygen atoms in total. The van der Waals surface area contributed by atoms with Crippen molar-refractivity contribution in [1.29, 1.82) is 0 Å². The second-order valence-corrected chi connectivity index (χ2v) is 6.06. The molecule has 102 valence electrons. The predicted octanol–water partition coefficient (Wildman–Crippen LogP) is 2.95. The van der Waals surface area contributed by atoms with Gasteiger partial charge in [-0.2, -0.15) is 0 Å². The standard InChI is InChI=1S/C16H21NO2/c1-16(2,3)15(19)14(17)12-8-9-13(18)11-7-5-4-6-10(11)12/h4-9,14-15,18-19H,17H2,1-3H3/t14-,15-/m0/s1. The molecule has 2 rings (SSSR count). The first-order valence-corrected chi connectivity index (χ1v) is 6.46. The first kappa shape index (κ1) is 13.8. The van der Waals surface area contributed by atoms with E-state index < -0.39 is 12.1 Å². The highest BCUT2D eigenvalue weighted by molar-refractivity contribution is 5.91. The van der Waals surface area contributed by atoms with Crippen LogP contribution in [0, 0.1) is 5.41 Å². The first-order chi connectivity index (χ1) is 8.82. The Labute approximate surface area is 113 Å². The van der Waals surface area contributed by atoms with Gasteiger partial charge in [-0.15, -0.1) is 0 Å². The van der Waals surface area contributed by atoms with Gasteiger partial charge in [-0.1, -0.05) is 51.1 Å². The summed E-state index contributed by atoms with van der Waals surface area (Å²) in [6.45, 7) is 5.88. The zero-order valence-electron chi connectivity index (χ0n) is 11.6. The van der Waals surface area contributed by atoms with Gasteiger partial charge in [0.25, 0.3) is 0 Å². The van der Waals surface area contributed by atoms with Gasteiger partial charge in [0.1, 0.15) is 5.75 Å². The molecule has 0 amide bonds. The van der Waals surface area contributed by atoms with Gasteiger partial charge >= 0.3 is 0 Å². The molecule has 2 aromatic carbocycles. The van der Waals surface area contributed by atoms with Crippen molar-refractivity contribution in [2.75, 3.05) is 0 Å². The van der Waals surface area contributed by atoms with Crippen LogP contribution in [0.2, 0.25) is 0 Å². The number of rotatable bonds is 2. The van der Waals surface area contributed by atoms with Crippen molar-refractivity contribution in [2.45, 2.75) is 32.9 Å². The third-order valence-corrected chi connectivity index (χ3v) is 3.52. The molecule has 0 fully saturated rings. The first-order valence-electron chi connectivity index (χ1n) is 6.46. The van der Waals surface area contributed by atoms with Crippen LogP contribution in [0.25, 0.3) is 10.8 Å². The van der Waals surface area contributed by atoms with E-state index in [1.807, 2.05) is 45.0 Å². The van der Waals surface area contributed by atoms with Gasteiger partial charge in [0.2, 0.25) is 0 Å². The molecule has 0 saturated heterocycles. The van der Waals surface area contributed by atoms with Crippen LogP contribution in [0.15, 0.2) is 36.4 Å². The summed E-state index contributed by atoms with van der Waals surface area (Å²) in [5.74, 6) is 0.233. The van der Waals surface area contributed by atoms with E-state index in [4.69, 9.17) is 5.73 Å². The average molecular weight is 259 g/mol. The number of benzene rings is 2. The molecule has 2 aromatic rings. The summed E-state index contributed by atoms with van der Waals surface area (Å²) in [5.41, 5.74) is 6.77. The van der Waals surface area contributed by atoms with Gasteiger partial charge in [-0.25, -0.2) is 0 Å². The van der Waals surface area contributed by atoms with Crippen molar-refractivity contribution in [2.24, 2.45) is 11.1 Å². The summed E-state index contributed by atoms with van der Waals surface area (Å²) in [6.07, 6.45) is -0.652. The molecule has 0 radical (unpaired) electrons. The van der Waals surface area contributed by atoms with E-state index >= 15 is 0 Å². The lowest BCUT2D eigenvalue weighted by atomic mass is 9.81. The van der Waals surface area contributed by atoms with Crippen LogP contribution in [0.5, 0.6) is 5.75 Å². The molecule has 19 heavy (non-hydrogen) atoms. The number of fused-ring (bicyclic) bond motifs is 1. The van der Waals surface area contributed by atoms with Crippen molar-refractivity contribution in [3.63, 3.8) is 0 Å². The van der Waals surface area contributed by atoms with Crippen molar-refractivity contribution in [1.82, 2.24) is 0 Å². The van der Waals surface area contributed by atoms with E-state index in [2.05, 4.69) is 0 Å². The maximum Gasteiger partial charge on any atom is 0.123 e. The minimum Gasteiger partial charge on any atom is -0.507 e. The Morgan fingerprint density at radius 2 is 1.58 bits per heavy atom. The minimum absolute atomic E-state index is 0.233. The Kier molecular flexibility index (Phi) is 3.52. The number of phenolic OH excluding ortho intramolecular Hbond substituents is 1. The van der Waals surface area contributed by atoms with Gasteiger partial charge in [0.05, 0.1) is 12.1 Å². The second-order valence-electron chi connectivity index (χ2n) is 6.06. The molecular formula is C16H21NO2. The van der Waals surface area contributed by atoms with E-state index in [1.165, 1.54) is 0 Å². The van der Waals surface area contributed by atoms with Crippen LogP contribution in [0.1, 0.15) is 32.4 Å². The van der Waals surface area contributed by atoms with Crippen molar-refractivity contribution >= 4 is 10.8 Å². The van der Waals surface area contributed by atoms with E-state index in [0.717, 1.165) is 16.3 Å². The number of aromatic hydroxyl groups is 1. The van der Waals surface area contributed by atoms with Crippen molar-refractivity contribution < 1.29 is 10.2 Å². The predicted molar refractivity (Wildman–Crippen MR) is 78.0 cm³/mol. The molecule has 0 heterocycles. The quantitative estimate of drug-likeness (QED) is 0.776. The number of phenols is 1. The fourth-order valence-electron chi connectivity index (χ4n) is 2.31. The molecule has 0 bridgehead atoms. The van der Waals surface area contributed by atoms with Gasteiger partial charge in [-0.3, -0.25) is 0 Å². The fourth-order valence-corrected chi connectivity index (χ4v) is 2.31. The van der Waals surface area contributed by atoms with Crippen LogP contribution in [0.4, 0.5) is 0 Å². The zero-order valence-corrected chi connectivity index (χ0v) is 11.6. The van der Waals surface area contributed by atoms with E-state index in [0.29, 0.717) is 0 Å².